The predicted molar refractivity (Wildman–Crippen MR) is 101 cm³/mol. The van der Waals surface area contributed by atoms with Gasteiger partial charge in [-0.15, -0.1) is 0 Å². The number of hydrogen-bond donors (Lipinski definition) is 1. The number of likely N-dealkylation sites (tertiary alicyclic amines) is 1. The second kappa shape index (κ2) is 7.98. The Kier molecular flexibility index (Phi) is 5.25. The van der Waals surface area contributed by atoms with E-state index >= 15 is 0 Å². The van der Waals surface area contributed by atoms with Gasteiger partial charge in [-0.1, -0.05) is 12.1 Å². The van der Waals surface area contributed by atoms with Gasteiger partial charge in [-0.3, -0.25) is 14.6 Å². The molecule has 2 amide bonds. The van der Waals surface area contributed by atoms with E-state index in [4.69, 9.17) is 4.74 Å². The second-order valence-corrected chi connectivity index (χ2v) is 7.25. The van der Waals surface area contributed by atoms with Gasteiger partial charge in [0.1, 0.15) is 12.4 Å². The average Bonchev–Trinajstić information content (AvgIpc) is 2.95. The number of pyridine rings is 1. The molecule has 7 heteroatoms. The van der Waals surface area contributed by atoms with E-state index in [-0.39, 0.29) is 30.8 Å². The molecule has 146 valence electrons. The SMILES string of the molecule is O=C1CC(C(=O)N2CCOc3ccc(CO)cc3C2)CN1Cc1cccnc1. The first-order valence-corrected chi connectivity index (χ1v) is 9.45. The van der Waals surface area contributed by atoms with E-state index in [9.17, 15) is 14.7 Å². The van der Waals surface area contributed by atoms with Crippen molar-refractivity contribution in [3.63, 3.8) is 0 Å². The average molecular weight is 381 g/mol. The van der Waals surface area contributed by atoms with Gasteiger partial charge in [0.15, 0.2) is 0 Å². The summed E-state index contributed by atoms with van der Waals surface area (Å²) in [5.74, 6) is 0.379. The maximum atomic E-state index is 13.1. The number of ether oxygens (including phenoxy) is 1. The van der Waals surface area contributed by atoms with Crippen molar-refractivity contribution in [2.45, 2.75) is 26.1 Å². The summed E-state index contributed by atoms with van der Waals surface area (Å²) in [6, 6.07) is 9.30. The van der Waals surface area contributed by atoms with E-state index in [2.05, 4.69) is 4.98 Å². The third-order valence-corrected chi connectivity index (χ3v) is 5.26. The number of amides is 2. The van der Waals surface area contributed by atoms with Crippen LogP contribution >= 0.6 is 0 Å². The molecule has 0 bridgehead atoms. The largest absolute Gasteiger partial charge is 0.491 e. The van der Waals surface area contributed by atoms with Crippen molar-refractivity contribution in [1.29, 1.82) is 0 Å². The van der Waals surface area contributed by atoms with E-state index in [1.165, 1.54) is 0 Å². The van der Waals surface area contributed by atoms with Gasteiger partial charge in [-0.05, 0) is 29.3 Å². The Labute approximate surface area is 163 Å². The maximum absolute atomic E-state index is 13.1. The van der Waals surface area contributed by atoms with Gasteiger partial charge >= 0.3 is 0 Å². The highest BCUT2D eigenvalue weighted by atomic mass is 16.5. The Morgan fingerprint density at radius 2 is 2.18 bits per heavy atom. The lowest BCUT2D eigenvalue weighted by atomic mass is 10.1. The van der Waals surface area contributed by atoms with Gasteiger partial charge in [0.25, 0.3) is 0 Å². The summed E-state index contributed by atoms with van der Waals surface area (Å²) in [6.45, 7) is 2.17. The van der Waals surface area contributed by atoms with Gasteiger partial charge in [0.05, 0.1) is 19.1 Å². The van der Waals surface area contributed by atoms with E-state index in [0.29, 0.717) is 32.8 Å². The molecule has 28 heavy (non-hydrogen) atoms. The number of aliphatic hydroxyl groups is 1. The maximum Gasteiger partial charge on any atom is 0.228 e. The molecule has 1 unspecified atom stereocenters. The first kappa shape index (κ1) is 18.4. The zero-order valence-corrected chi connectivity index (χ0v) is 15.6. The van der Waals surface area contributed by atoms with Crippen LogP contribution in [-0.2, 0) is 29.3 Å². The molecule has 1 aromatic heterocycles. The van der Waals surface area contributed by atoms with E-state index in [1.54, 1.807) is 22.2 Å². The fraction of sp³-hybridized carbons (Fsp3) is 0.381. The van der Waals surface area contributed by atoms with Crippen LogP contribution in [0.1, 0.15) is 23.1 Å². The van der Waals surface area contributed by atoms with Crippen LogP contribution in [-0.4, -0.2) is 51.4 Å². The summed E-state index contributed by atoms with van der Waals surface area (Å²) in [5, 5.41) is 9.37. The van der Waals surface area contributed by atoms with Crippen LogP contribution in [0.3, 0.4) is 0 Å². The molecule has 1 atom stereocenters. The number of benzene rings is 1. The van der Waals surface area contributed by atoms with Gasteiger partial charge in [0.2, 0.25) is 11.8 Å². The van der Waals surface area contributed by atoms with Crippen LogP contribution in [0.2, 0.25) is 0 Å². The number of aromatic nitrogens is 1. The normalized spacial score (nSPS) is 19.2. The van der Waals surface area contributed by atoms with Crippen molar-refractivity contribution in [3.8, 4) is 5.75 Å². The Morgan fingerprint density at radius 3 is 2.96 bits per heavy atom. The molecule has 1 saturated heterocycles. The zero-order chi connectivity index (χ0) is 19.5. The number of carbonyl (C=O) groups excluding carboxylic acids is 2. The second-order valence-electron chi connectivity index (χ2n) is 7.25. The van der Waals surface area contributed by atoms with E-state index in [1.807, 2.05) is 30.3 Å². The molecular weight excluding hydrogens is 358 g/mol. The van der Waals surface area contributed by atoms with Crippen molar-refractivity contribution < 1.29 is 19.4 Å². The minimum atomic E-state index is -0.341. The summed E-state index contributed by atoms with van der Waals surface area (Å²) < 4.78 is 5.75. The first-order valence-electron chi connectivity index (χ1n) is 9.45. The Hall–Kier alpha value is -2.93. The third kappa shape index (κ3) is 3.84. The third-order valence-electron chi connectivity index (χ3n) is 5.26. The molecule has 2 aromatic rings. The van der Waals surface area contributed by atoms with Crippen LogP contribution in [0.25, 0.3) is 0 Å². The molecule has 1 N–H and O–H groups in total. The molecule has 0 aliphatic carbocycles. The summed E-state index contributed by atoms with van der Waals surface area (Å²) in [5.41, 5.74) is 2.63. The lowest BCUT2D eigenvalue weighted by Gasteiger charge is -2.23. The fourth-order valence-electron chi connectivity index (χ4n) is 3.79. The monoisotopic (exact) mass is 381 g/mol. The van der Waals surface area contributed by atoms with Gasteiger partial charge < -0.3 is 19.6 Å². The number of rotatable bonds is 4. The number of nitrogens with zero attached hydrogens (tertiary/aromatic N) is 3. The minimum absolute atomic E-state index is 0.00348. The Morgan fingerprint density at radius 1 is 1.29 bits per heavy atom. The molecule has 0 radical (unpaired) electrons. The highest BCUT2D eigenvalue weighted by molar-refractivity contribution is 5.89. The van der Waals surface area contributed by atoms with Crippen LogP contribution < -0.4 is 4.74 Å². The van der Waals surface area contributed by atoms with Crippen molar-refractivity contribution in [1.82, 2.24) is 14.8 Å². The van der Waals surface area contributed by atoms with Crippen molar-refractivity contribution in [3.05, 3.63) is 59.4 Å². The van der Waals surface area contributed by atoms with Crippen molar-refractivity contribution in [2.75, 3.05) is 19.7 Å². The summed E-state index contributed by atoms with van der Waals surface area (Å²) in [6.07, 6.45) is 3.67. The molecule has 1 fully saturated rings. The smallest absolute Gasteiger partial charge is 0.228 e. The molecule has 4 rings (SSSR count). The Bertz CT molecular complexity index is 871. The minimum Gasteiger partial charge on any atom is -0.491 e. The summed E-state index contributed by atoms with van der Waals surface area (Å²) >= 11 is 0. The van der Waals surface area contributed by atoms with E-state index < -0.39 is 0 Å². The standard InChI is InChI=1S/C21H23N3O4/c25-14-15-3-4-19-17(8-15)12-23(6-7-28-19)21(27)18-9-20(26)24(13-18)11-16-2-1-5-22-10-16/h1-5,8,10,18,25H,6-7,9,11-14H2. The van der Waals surface area contributed by atoms with Crippen molar-refractivity contribution >= 4 is 11.8 Å². The van der Waals surface area contributed by atoms with Crippen LogP contribution in [0.5, 0.6) is 5.75 Å². The van der Waals surface area contributed by atoms with Gasteiger partial charge in [-0.2, -0.15) is 0 Å². The zero-order valence-electron chi connectivity index (χ0n) is 15.6. The summed E-state index contributed by atoms with van der Waals surface area (Å²) in [7, 11) is 0. The highest BCUT2D eigenvalue weighted by Gasteiger charge is 2.37. The number of carbonyl (C=O) groups is 2. The lowest BCUT2D eigenvalue weighted by Crippen LogP contribution is -2.38. The number of hydrogen-bond acceptors (Lipinski definition) is 5. The molecule has 3 heterocycles. The molecule has 2 aliphatic heterocycles. The molecule has 7 nitrogen and oxygen atoms in total. The quantitative estimate of drug-likeness (QED) is 0.864. The highest BCUT2D eigenvalue weighted by Crippen LogP contribution is 2.27. The first-order chi connectivity index (χ1) is 13.6. The molecule has 2 aliphatic rings. The van der Waals surface area contributed by atoms with E-state index in [0.717, 1.165) is 22.4 Å². The van der Waals surface area contributed by atoms with Gasteiger partial charge in [-0.25, -0.2) is 0 Å². The molecule has 0 saturated carbocycles. The topological polar surface area (TPSA) is 83.0 Å². The number of aliphatic hydroxyl groups excluding tert-OH is 1. The van der Waals surface area contributed by atoms with Crippen LogP contribution in [0.4, 0.5) is 0 Å². The Balaban J connectivity index is 1.44. The molecule has 0 spiro atoms. The molecule has 1 aromatic carbocycles. The lowest BCUT2D eigenvalue weighted by molar-refractivity contribution is -0.136. The molecular formula is C21H23N3O4. The van der Waals surface area contributed by atoms with Crippen LogP contribution in [0, 0.1) is 5.92 Å². The van der Waals surface area contributed by atoms with Crippen molar-refractivity contribution in [2.24, 2.45) is 5.92 Å². The fourth-order valence-corrected chi connectivity index (χ4v) is 3.79. The predicted octanol–water partition coefficient (Wildman–Crippen LogP) is 1.34. The summed E-state index contributed by atoms with van der Waals surface area (Å²) in [4.78, 5) is 33.1. The number of fused-ring (bicyclic) bond motifs is 1. The van der Waals surface area contributed by atoms with Crippen LogP contribution in [0.15, 0.2) is 42.7 Å². The van der Waals surface area contributed by atoms with Gasteiger partial charge in [0, 0.05) is 44.0 Å².